The molecular formula is C30H40F3N5O5. The number of amides is 1. The predicted octanol–water partition coefficient (Wildman–Crippen LogP) is 5.88. The molecule has 2 aromatic rings. The average Bonchev–Trinajstić information content (AvgIpc) is 3.54. The van der Waals surface area contributed by atoms with Gasteiger partial charge in [-0.25, -0.2) is 14.8 Å². The fourth-order valence-electron chi connectivity index (χ4n) is 7.28. The smallest absolute Gasteiger partial charge is 0.433 e. The first-order chi connectivity index (χ1) is 20.3. The lowest BCUT2D eigenvalue weighted by atomic mass is 9.61. The minimum atomic E-state index is -4.70. The molecule has 2 saturated heterocycles. The van der Waals surface area contributed by atoms with E-state index in [0.717, 1.165) is 55.8 Å². The van der Waals surface area contributed by atoms with E-state index in [1.807, 2.05) is 6.92 Å². The molecule has 1 amide bonds. The lowest BCUT2D eigenvalue weighted by Gasteiger charge is -2.50. The van der Waals surface area contributed by atoms with E-state index in [4.69, 9.17) is 18.7 Å². The van der Waals surface area contributed by atoms with Crippen LogP contribution in [0.5, 0.6) is 0 Å². The summed E-state index contributed by atoms with van der Waals surface area (Å²) in [6.07, 6.45) is 1.11. The van der Waals surface area contributed by atoms with Crippen molar-refractivity contribution < 1.29 is 36.7 Å². The van der Waals surface area contributed by atoms with Crippen LogP contribution in [0, 0.1) is 0 Å². The largest absolute Gasteiger partial charge is 0.444 e. The highest BCUT2D eigenvalue weighted by molar-refractivity contribution is 5.68. The van der Waals surface area contributed by atoms with E-state index in [-0.39, 0.29) is 30.0 Å². The van der Waals surface area contributed by atoms with Gasteiger partial charge >= 0.3 is 12.3 Å². The molecule has 2 spiro atoms. The Morgan fingerprint density at radius 3 is 2.47 bits per heavy atom. The summed E-state index contributed by atoms with van der Waals surface area (Å²) in [6, 6.07) is 0.581. The Balaban J connectivity index is 1.36. The molecule has 2 atom stereocenters. The molecule has 4 heterocycles. The van der Waals surface area contributed by atoms with Crippen LogP contribution < -0.4 is 4.90 Å². The number of nitrogens with zero attached hydrogens (tertiary/aromatic N) is 5. The first-order valence-corrected chi connectivity index (χ1v) is 15.3. The molecule has 13 heteroatoms. The number of hydrogen-bond donors (Lipinski definition) is 0. The molecule has 4 aliphatic rings. The van der Waals surface area contributed by atoms with Crippen LogP contribution in [0.4, 0.5) is 23.9 Å². The molecule has 0 bridgehead atoms. The fourth-order valence-corrected chi connectivity index (χ4v) is 7.28. The van der Waals surface area contributed by atoms with Gasteiger partial charge in [-0.1, -0.05) is 11.6 Å². The lowest BCUT2D eigenvalue weighted by Crippen LogP contribution is -2.56. The van der Waals surface area contributed by atoms with E-state index < -0.39 is 34.8 Å². The maximum absolute atomic E-state index is 14.2. The second-order valence-electron chi connectivity index (χ2n) is 13.2. The molecule has 0 unspecified atom stereocenters. The van der Waals surface area contributed by atoms with Crippen LogP contribution in [0.3, 0.4) is 0 Å². The van der Waals surface area contributed by atoms with Crippen molar-refractivity contribution in [1.82, 2.24) is 20.0 Å². The van der Waals surface area contributed by atoms with Crippen LogP contribution in [-0.2, 0) is 32.2 Å². The third-order valence-corrected chi connectivity index (χ3v) is 9.10. The fraction of sp³-hybridized carbons (Fsp3) is 0.733. The van der Waals surface area contributed by atoms with Crippen LogP contribution in [0.25, 0.3) is 11.5 Å². The van der Waals surface area contributed by atoms with Crippen molar-refractivity contribution >= 4 is 12.0 Å². The third-order valence-electron chi connectivity index (χ3n) is 9.10. The number of alkyl halides is 3. The molecule has 236 valence electrons. The van der Waals surface area contributed by atoms with E-state index in [9.17, 15) is 18.0 Å². The minimum absolute atomic E-state index is 0.0432. The number of carbonyl (C=O) groups excluding carboxylic acids is 1. The molecule has 6 rings (SSSR count). The van der Waals surface area contributed by atoms with E-state index in [1.165, 1.54) is 0 Å². The summed E-state index contributed by atoms with van der Waals surface area (Å²) in [5.41, 5.74) is -0.691. The Kier molecular flexibility index (Phi) is 7.63. The topological polar surface area (TPSA) is 103 Å². The second kappa shape index (κ2) is 10.9. The highest BCUT2D eigenvalue weighted by atomic mass is 19.4. The molecule has 2 aliphatic heterocycles. The molecule has 10 nitrogen and oxygen atoms in total. The summed E-state index contributed by atoms with van der Waals surface area (Å²) in [5.74, 6) is -0.611. The van der Waals surface area contributed by atoms with Gasteiger partial charge in [-0.2, -0.15) is 13.2 Å². The van der Waals surface area contributed by atoms with Gasteiger partial charge in [0, 0.05) is 37.7 Å². The summed E-state index contributed by atoms with van der Waals surface area (Å²) >= 11 is 0. The number of rotatable bonds is 2. The molecular weight excluding hydrogens is 567 g/mol. The Labute approximate surface area is 249 Å². The van der Waals surface area contributed by atoms with Crippen molar-refractivity contribution in [3.63, 3.8) is 0 Å². The van der Waals surface area contributed by atoms with E-state index in [1.54, 1.807) is 30.6 Å². The number of halogens is 3. The van der Waals surface area contributed by atoms with Crippen molar-refractivity contribution in [3.8, 4) is 11.5 Å². The van der Waals surface area contributed by atoms with Gasteiger partial charge < -0.3 is 28.5 Å². The number of fused-ring (bicyclic) bond motifs is 3. The molecule has 43 heavy (non-hydrogen) atoms. The molecule has 3 fully saturated rings. The van der Waals surface area contributed by atoms with E-state index in [0.29, 0.717) is 39.1 Å². The molecule has 0 N–H and O–H groups in total. The lowest BCUT2D eigenvalue weighted by molar-refractivity contribution is -0.231. The highest BCUT2D eigenvalue weighted by Gasteiger charge is 2.61. The zero-order valence-corrected chi connectivity index (χ0v) is 25.3. The highest BCUT2D eigenvalue weighted by Crippen LogP contribution is 2.57. The summed E-state index contributed by atoms with van der Waals surface area (Å²) in [5, 5.41) is 4.50. The Morgan fingerprint density at radius 2 is 1.74 bits per heavy atom. The van der Waals surface area contributed by atoms with Crippen molar-refractivity contribution in [1.29, 1.82) is 0 Å². The van der Waals surface area contributed by atoms with Crippen LogP contribution in [0.2, 0.25) is 0 Å². The quantitative estimate of drug-likeness (QED) is 0.414. The standard InChI is InChI=1S/C30H40F3N5O5/c1-19-18-37(26(39)42-27(2,3)4)13-8-14-38(19)25-34-21(17-22(35-25)30(31,32)33)23-20-9-7-11-28(24(20)36-43-23)10-5-6-12-29(28)40-15-16-41-29/h17,19H,5-16,18H2,1-4H3/t19-,28-/m0/s1. The number of anilines is 1. The second-order valence-corrected chi connectivity index (χ2v) is 13.2. The van der Waals surface area contributed by atoms with E-state index >= 15 is 0 Å². The molecule has 0 aromatic carbocycles. The van der Waals surface area contributed by atoms with Crippen LogP contribution in [0.1, 0.15) is 89.6 Å². The summed E-state index contributed by atoms with van der Waals surface area (Å²) in [4.78, 5) is 24.7. The van der Waals surface area contributed by atoms with Gasteiger partial charge in [0.1, 0.15) is 11.3 Å². The van der Waals surface area contributed by atoms with E-state index in [2.05, 4.69) is 15.1 Å². The zero-order valence-electron chi connectivity index (χ0n) is 25.3. The average molecular weight is 608 g/mol. The maximum Gasteiger partial charge on any atom is 0.433 e. The van der Waals surface area contributed by atoms with Crippen molar-refractivity contribution in [3.05, 3.63) is 23.0 Å². The van der Waals surface area contributed by atoms with Gasteiger partial charge in [-0.05, 0) is 72.3 Å². The summed E-state index contributed by atoms with van der Waals surface area (Å²) in [7, 11) is 0. The van der Waals surface area contributed by atoms with Gasteiger partial charge in [0.05, 0.1) is 24.3 Å². The summed E-state index contributed by atoms with van der Waals surface area (Å²) in [6.45, 7) is 9.27. The number of hydrogen-bond acceptors (Lipinski definition) is 9. The van der Waals surface area contributed by atoms with Gasteiger partial charge in [0.2, 0.25) is 5.95 Å². The van der Waals surface area contributed by atoms with Gasteiger partial charge in [-0.3, -0.25) is 0 Å². The van der Waals surface area contributed by atoms with Gasteiger partial charge in [-0.15, -0.1) is 0 Å². The minimum Gasteiger partial charge on any atom is -0.444 e. The van der Waals surface area contributed by atoms with Crippen LogP contribution in [-0.4, -0.2) is 76.4 Å². The van der Waals surface area contributed by atoms with Crippen molar-refractivity contribution in [2.75, 3.05) is 37.7 Å². The Hall–Kier alpha value is -2.93. The SMILES string of the molecule is C[C@H]1CN(C(=O)OC(C)(C)C)CCCN1c1nc(-c2onc3c2CCC[C@@]32CCCCC23OCCO3)cc(C(F)(F)F)n1. The molecule has 1 saturated carbocycles. The first-order valence-electron chi connectivity index (χ1n) is 15.3. The number of aromatic nitrogens is 3. The van der Waals surface area contributed by atoms with Crippen molar-refractivity contribution in [2.45, 2.75) is 108 Å². The molecule has 2 aliphatic carbocycles. The van der Waals surface area contributed by atoms with Crippen LogP contribution >= 0.6 is 0 Å². The zero-order chi connectivity index (χ0) is 30.6. The third kappa shape index (κ3) is 5.47. The number of carbonyl (C=O) groups is 1. The first kappa shape index (κ1) is 30.1. The Bertz CT molecular complexity index is 1350. The monoisotopic (exact) mass is 607 g/mol. The molecule has 2 aromatic heterocycles. The normalized spacial score (nSPS) is 26.1. The molecule has 0 radical (unpaired) electrons. The van der Waals surface area contributed by atoms with Crippen LogP contribution in [0.15, 0.2) is 10.6 Å². The Morgan fingerprint density at radius 1 is 1.02 bits per heavy atom. The van der Waals surface area contributed by atoms with Gasteiger partial charge in [0.25, 0.3) is 0 Å². The van der Waals surface area contributed by atoms with Gasteiger partial charge in [0.15, 0.2) is 17.2 Å². The van der Waals surface area contributed by atoms with Crippen molar-refractivity contribution in [2.24, 2.45) is 0 Å². The number of ether oxygens (including phenoxy) is 3. The summed E-state index contributed by atoms with van der Waals surface area (Å²) < 4.78 is 66.6. The predicted molar refractivity (Wildman–Crippen MR) is 149 cm³/mol. The maximum atomic E-state index is 14.2.